The number of carbonyl (C=O) groups excluding carboxylic acids is 4. The van der Waals surface area contributed by atoms with E-state index in [1.165, 1.54) is 0 Å². The van der Waals surface area contributed by atoms with E-state index in [1.54, 1.807) is 0 Å². The Morgan fingerprint density at radius 1 is 1.13 bits per heavy atom. The number of amides is 3. The second kappa shape index (κ2) is 8.20. The lowest BCUT2D eigenvalue weighted by Gasteiger charge is -2.36. The van der Waals surface area contributed by atoms with Crippen LogP contribution in [0.2, 0.25) is 0 Å². The molecule has 1 saturated heterocycles. The van der Waals surface area contributed by atoms with Crippen LogP contribution in [0.15, 0.2) is 6.07 Å². The van der Waals surface area contributed by atoms with Crippen LogP contribution < -0.4 is 5.32 Å². The van der Waals surface area contributed by atoms with Crippen molar-refractivity contribution in [2.24, 2.45) is 5.92 Å². The summed E-state index contributed by atoms with van der Waals surface area (Å²) in [5.41, 5.74) is 3.47. The van der Waals surface area contributed by atoms with Gasteiger partial charge in [-0.05, 0) is 68.7 Å². The molecule has 7 heteroatoms. The van der Waals surface area contributed by atoms with Gasteiger partial charge in [-0.15, -0.1) is 0 Å². The van der Waals surface area contributed by atoms with Gasteiger partial charge in [-0.25, -0.2) is 4.79 Å². The summed E-state index contributed by atoms with van der Waals surface area (Å²) in [4.78, 5) is 51.2. The van der Waals surface area contributed by atoms with Gasteiger partial charge in [-0.3, -0.25) is 19.3 Å². The number of ketones is 1. The maximum Gasteiger partial charge on any atom is 0.326 e. The van der Waals surface area contributed by atoms with Gasteiger partial charge in [0.15, 0.2) is 6.61 Å². The number of nitrogens with zero attached hydrogens (tertiary/aromatic N) is 1. The molecule has 30 heavy (non-hydrogen) atoms. The fourth-order valence-electron chi connectivity index (χ4n) is 4.75. The molecule has 1 heterocycles. The molecule has 1 aromatic rings. The minimum absolute atomic E-state index is 0.0148. The molecule has 2 atom stereocenters. The molecule has 1 aliphatic carbocycles. The first-order valence-corrected chi connectivity index (χ1v) is 10.5. The van der Waals surface area contributed by atoms with Gasteiger partial charge in [0.2, 0.25) is 5.78 Å². The number of Topliss-reactive ketones (excluding diaryl/α,β-unsaturated/α-hetero) is 1. The fourth-order valence-corrected chi connectivity index (χ4v) is 4.75. The number of nitrogens with one attached hydrogen (secondary N) is 1. The van der Waals surface area contributed by atoms with Crippen molar-refractivity contribution in [3.8, 4) is 0 Å². The van der Waals surface area contributed by atoms with Crippen LogP contribution >= 0.6 is 0 Å². The van der Waals surface area contributed by atoms with Crippen LogP contribution in [0.25, 0.3) is 0 Å². The zero-order valence-corrected chi connectivity index (χ0v) is 18.4. The summed E-state index contributed by atoms with van der Waals surface area (Å²) in [5, 5.41) is 2.80. The minimum atomic E-state index is -0.918. The van der Waals surface area contributed by atoms with Gasteiger partial charge in [-0.1, -0.05) is 25.8 Å². The van der Waals surface area contributed by atoms with E-state index in [0.29, 0.717) is 12.0 Å². The largest absolute Gasteiger partial charge is 0.456 e. The van der Waals surface area contributed by atoms with Crippen LogP contribution in [-0.2, 0) is 14.3 Å². The number of hydrogen-bond acceptors (Lipinski definition) is 5. The zero-order chi connectivity index (χ0) is 22.2. The van der Waals surface area contributed by atoms with Gasteiger partial charge in [0.25, 0.3) is 5.91 Å². The summed E-state index contributed by atoms with van der Waals surface area (Å²) in [6.45, 7) is 8.71. The lowest BCUT2D eigenvalue weighted by molar-refractivity contribution is -0.147. The predicted octanol–water partition coefficient (Wildman–Crippen LogP) is 3.15. The Kier molecular flexibility index (Phi) is 6.01. The van der Waals surface area contributed by atoms with Crippen molar-refractivity contribution in [3.05, 3.63) is 33.9 Å². The molecule has 0 aromatic heterocycles. The molecule has 162 valence electrons. The number of rotatable bonds is 5. The molecule has 1 aliphatic heterocycles. The number of ether oxygens (including phenoxy) is 1. The number of carbonyl (C=O) groups is 4. The van der Waals surface area contributed by atoms with Gasteiger partial charge in [0, 0.05) is 5.56 Å². The molecule has 7 nitrogen and oxygen atoms in total. The SMILES string of the molecule is Cc1cc(C)c(C(=O)COC(=O)CN2C(=O)N[C@@]3(CCCC[C@H]3C)C2=O)c(C)c1C. The average Bonchev–Trinajstić information content (AvgIpc) is 2.92. The summed E-state index contributed by atoms with van der Waals surface area (Å²) in [6, 6.07) is 1.37. The number of benzene rings is 1. The van der Waals surface area contributed by atoms with E-state index in [2.05, 4.69) is 5.32 Å². The molecular formula is C23H30N2O5. The number of aryl methyl sites for hydroxylation is 2. The number of urea groups is 1. The third kappa shape index (κ3) is 3.73. The summed E-state index contributed by atoms with van der Waals surface area (Å²) in [6.07, 6.45) is 3.31. The normalized spacial score (nSPS) is 23.6. The van der Waals surface area contributed by atoms with Crippen molar-refractivity contribution < 1.29 is 23.9 Å². The molecule has 0 unspecified atom stereocenters. The van der Waals surface area contributed by atoms with E-state index in [4.69, 9.17) is 4.74 Å². The van der Waals surface area contributed by atoms with Gasteiger partial charge in [-0.2, -0.15) is 0 Å². The Morgan fingerprint density at radius 3 is 2.50 bits per heavy atom. The monoisotopic (exact) mass is 414 g/mol. The smallest absolute Gasteiger partial charge is 0.326 e. The van der Waals surface area contributed by atoms with Crippen LogP contribution in [0.5, 0.6) is 0 Å². The van der Waals surface area contributed by atoms with Crippen molar-refractivity contribution in [2.45, 2.75) is 65.8 Å². The fraction of sp³-hybridized carbons (Fsp3) is 0.565. The van der Waals surface area contributed by atoms with E-state index in [-0.39, 0.29) is 17.6 Å². The summed E-state index contributed by atoms with van der Waals surface area (Å²) in [5.74, 6) is -1.42. The predicted molar refractivity (Wildman–Crippen MR) is 111 cm³/mol. The molecule has 0 bridgehead atoms. The summed E-state index contributed by atoms with van der Waals surface area (Å²) < 4.78 is 5.14. The Balaban J connectivity index is 1.64. The van der Waals surface area contributed by atoms with Crippen molar-refractivity contribution in [2.75, 3.05) is 13.2 Å². The van der Waals surface area contributed by atoms with Gasteiger partial charge in [0.1, 0.15) is 12.1 Å². The third-order valence-corrected chi connectivity index (χ3v) is 6.79. The standard InChI is InChI=1S/C23H30N2O5/c1-13-10-14(2)20(17(5)16(13)4)18(26)12-30-19(27)11-25-21(28)23(24-22(25)29)9-7-6-8-15(23)3/h10,15H,6-9,11-12H2,1-5H3,(H,24,29)/t15-,23-/m1/s1. The highest BCUT2D eigenvalue weighted by molar-refractivity contribution is 6.09. The van der Waals surface area contributed by atoms with Crippen LogP contribution in [0, 0.1) is 33.6 Å². The first-order valence-electron chi connectivity index (χ1n) is 10.5. The molecule has 1 N–H and O–H groups in total. The molecule has 1 aromatic carbocycles. The molecule has 2 fully saturated rings. The highest BCUT2D eigenvalue weighted by Gasteiger charge is 2.55. The maximum absolute atomic E-state index is 12.9. The van der Waals surface area contributed by atoms with E-state index in [1.807, 2.05) is 40.7 Å². The van der Waals surface area contributed by atoms with Crippen LogP contribution in [0.3, 0.4) is 0 Å². The third-order valence-electron chi connectivity index (χ3n) is 6.79. The lowest BCUT2D eigenvalue weighted by atomic mass is 9.73. The molecular weight excluding hydrogens is 384 g/mol. The van der Waals surface area contributed by atoms with Gasteiger partial charge < -0.3 is 10.1 Å². The van der Waals surface area contributed by atoms with Crippen LogP contribution in [0.4, 0.5) is 4.79 Å². The topological polar surface area (TPSA) is 92.8 Å². The molecule has 1 spiro atoms. The van der Waals surface area contributed by atoms with Gasteiger partial charge in [0.05, 0.1) is 0 Å². The highest BCUT2D eigenvalue weighted by atomic mass is 16.5. The summed E-state index contributed by atoms with van der Waals surface area (Å²) >= 11 is 0. The second-order valence-electron chi connectivity index (χ2n) is 8.66. The Labute approximate surface area is 177 Å². The van der Waals surface area contributed by atoms with E-state index < -0.39 is 30.7 Å². The maximum atomic E-state index is 12.9. The quantitative estimate of drug-likeness (QED) is 0.454. The van der Waals surface area contributed by atoms with Crippen molar-refractivity contribution in [1.29, 1.82) is 0 Å². The molecule has 0 radical (unpaired) electrons. The van der Waals surface area contributed by atoms with Crippen molar-refractivity contribution >= 4 is 23.7 Å². The van der Waals surface area contributed by atoms with E-state index >= 15 is 0 Å². The Morgan fingerprint density at radius 2 is 1.83 bits per heavy atom. The molecule has 3 amide bonds. The Hall–Kier alpha value is -2.70. The first-order chi connectivity index (χ1) is 14.1. The van der Waals surface area contributed by atoms with Crippen LogP contribution in [0.1, 0.15) is 65.2 Å². The number of hydrogen-bond donors (Lipinski definition) is 1. The number of esters is 1. The van der Waals surface area contributed by atoms with Crippen molar-refractivity contribution in [1.82, 2.24) is 10.2 Å². The molecule has 2 aliphatic rings. The summed E-state index contributed by atoms with van der Waals surface area (Å²) in [7, 11) is 0. The van der Waals surface area contributed by atoms with Gasteiger partial charge >= 0.3 is 12.0 Å². The van der Waals surface area contributed by atoms with Crippen molar-refractivity contribution in [3.63, 3.8) is 0 Å². The van der Waals surface area contributed by atoms with Crippen LogP contribution in [-0.4, -0.2) is 47.3 Å². The highest BCUT2D eigenvalue weighted by Crippen LogP contribution is 2.38. The van der Waals surface area contributed by atoms with E-state index in [9.17, 15) is 19.2 Å². The number of imide groups is 1. The second-order valence-corrected chi connectivity index (χ2v) is 8.66. The molecule has 3 rings (SSSR count). The zero-order valence-electron chi connectivity index (χ0n) is 18.4. The average molecular weight is 415 g/mol. The van der Waals surface area contributed by atoms with E-state index in [0.717, 1.165) is 46.4 Å². The molecule has 1 saturated carbocycles. The lowest BCUT2D eigenvalue weighted by Crippen LogP contribution is -2.54. The Bertz CT molecular complexity index is 923. The first kappa shape index (κ1) is 22.0. The minimum Gasteiger partial charge on any atom is -0.456 e.